The Hall–Kier alpha value is 0.930. The summed E-state index contributed by atoms with van der Waals surface area (Å²) in [5, 5.41) is 0. The smallest absolute Gasteiger partial charge is 0.315 e. The van der Waals surface area contributed by atoms with Crippen molar-refractivity contribution in [3.8, 4) is 0 Å². The molecule has 0 aromatic carbocycles. The largest absolute Gasteiger partial charge is 0.394 e. The predicted octanol–water partition coefficient (Wildman–Crippen LogP) is 1.70. The monoisotopic (exact) mass is 326 g/mol. The molecule has 0 N–H and O–H groups in total. The molecule has 0 aliphatic heterocycles. The van der Waals surface area contributed by atoms with E-state index in [1.807, 2.05) is 0 Å². The summed E-state index contributed by atoms with van der Waals surface area (Å²) < 4.78 is 5.15. The van der Waals surface area contributed by atoms with E-state index in [9.17, 15) is 4.79 Å². The molecule has 0 spiro atoms. The first kappa shape index (κ1) is 7.93. The van der Waals surface area contributed by atoms with Gasteiger partial charge in [-0.05, 0) is 0 Å². The molecule has 0 heterocycles. The third kappa shape index (κ3) is 4.79. The van der Waals surface area contributed by atoms with Gasteiger partial charge in [-0.25, -0.2) is 0 Å². The van der Waals surface area contributed by atoms with Crippen molar-refractivity contribution in [1.29, 1.82) is 0 Å². The standard InChI is InChI=1S/C3H4I2O2/c4-2-1-3(6)7-5/h1-2H2. The molecule has 0 bridgehead atoms. The fourth-order valence-electron chi connectivity index (χ4n) is 0.116. The van der Waals surface area contributed by atoms with Gasteiger partial charge in [0.05, 0.1) is 6.42 Å². The number of carbonyl (C=O) groups is 1. The van der Waals surface area contributed by atoms with Gasteiger partial charge in [-0.3, -0.25) is 4.79 Å². The van der Waals surface area contributed by atoms with Crippen LogP contribution in [0.5, 0.6) is 0 Å². The van der Waals surface area contributed by atoms with Crippen LogP contribution in [0.1, 0.15) is 6.42 Å². The molecule has 0 aromatic heterocycles. The number of hydrogen-bond donors (Lipinski definition) is 0. The first-order chi connectivity index (χ1) is 3.31. The minimum Gasteiger partial charge on any atom is -0.394 e. The highest BCUT2D eigenvalue weighted by Crippen LogP contribution is 1.95. The molecule has 0 radical (unpaired) electrons. The molecule has 0 aliphatic rings. The summed E-state index contributed by atoms with van der Waals surface area (Å²) in [7, 11) is 0. The van der Waals surface area contributed by atoms with E-state index in [0.29, 0.717) is 6.42 Å². The highest BCUT2D eigenvalue weighted by molar-refractivity contribution is 14.1. The van der Waals surface area contributed by atoms with E-state index in [1.54, 1.807) is 23.0 Å². The minimum absolute atomic E-state index is 0.144. The normalized spacial score (nSPS) is 8.29. The molecule has 0 aromatic rings. The Labute approximate surface area is 69.8 Å². The van der Waals surface area contributed by atoms with Crippen LogP contribution in [0.4, 0.5) is 0 Å². The average molecular weight is 326 g/mol. The maximum absolute atomic E-state index is 10.2. The third-order valence-corrected chi connectivity index (χ3v) is 1.42. The molecule has 2 nitrogen and oxygen atoms in total. The molecule has 0 rings (SSSR count). The number of alkyl halides is 1. The zero-order chi connectivity index (χ0) is 5.70. The van der Waals surface area contributed by atoms with Crippen LogP contribution in [-0.4, -0.2) is 10.4 Å². The van der Waals surface area contributed by atoms with Crippen LogP contribution in [0.3, 0.4) is 0 Å². The topological polar surface area (TPSA) is 26.3 Å². The average Bonchev–Trinajstić information content (AvgIpc) is 1.68. The highest BCUT2D eigenvalue weighted by atomic mass is 127. The first-order valence-corrected chi connectivity index (χ1v) is 4.09. The Morgan fingerprint density at radius 2 is 2.29 bits per heavy atom. The van der Waals surface area contributed by atoms with Crippen molar-refractivity contribution >= 4 is 51.6 Å². The lowest BCUT2D eigenvalue weighted by Crippen LogP contribution is -1.94. The molecule has 4 heteroatoms. The van der Waals surface area contributed by atoms with E-state index in [-0.39, 0.29) is 5.97 Å². The first-order valence-electron chi connectivity index (χ1n) is 1.68. The quantitative estimate of drug-likeness (QED) is 0.570. The van der Waals surface area contributed by atoms with Crippen LogP contribution in [0.2, 0.25) is 0 Å². The Bertz CT molecular complexity index is 64.0. The van der Waals surface area contributed by atoms with Crippen molar-refractivity contribution in [1.82, 2.24) is 0 Å². The van der Waals surface area contributed by atoms with Crippen LogP contribution >= 0.6 is 45.6 Å². The van der Waals surface area contributed by atoms with Gasteiger partial charge in [0.1, 0.15) is 0 Å². The summed E-state index contributed by atoms with van der Waals surface area (Å²) in [5.41, 5.74) is 0. The van der Waals surface area contributed by atoms with Gasteiger partial charge in [0.25, 0.3) is 0 Å². The molecule has 0 atom stereocenters. The summed E-state index contributed by atoms with van der Waals surface area (Å²) in [5.74, 6) is -0.144. The molecule has 0 fully saturated rings. The van der Waals surface area contributed by atoms with Crippen LogP contribution < -0.4 is 0 Å². The Balaban J connectivity index is 3.00. The maximum Gasteiger partial charge on any atom is 0.315 e. The molecule has 0 aliphatic carbocycles. The van der Waals surface area contributed by atoms with E-state index in [0.717, 1.165) is 4.43 Å². The Morgan fingerprint density at radius 3 is 2.43 bits per heavy atom. The van der Waals surface area contributed by atoms with Gasteiger partial charge in [-0.2, -0.15) is 0 Å². The summed E-state index contributed by atoms with van der Waals surface area (Å²) in [6, 6.07) is 0. The zero-order valence-electron chi connectivity index (χ0n) is 3.49. The minimum atomic E-state index is -0.144. The molecule has 0 amide bonds. The fourth-order valence-corrected chi connectivity index (χ4v) is 0.776. The Kier molecular flexibility index (Phi) is 5.75. The summed E-state index contributed by atoms with van der Waals surface area (Å²) >= 11 is 3.71. The molecular weight excluding hydrogens is 322 g/mol. The van der Waals surface area contributed by atoms with Gasteiger partial charge in [-0.15, -0.1) is 0 Å². The highest BCUT2D eigenvalue weighted by Gasteiger charge is 1.95. The van der Waals surface area contributed by atoms with Gasteiger partial charge >= 0.3 is 5.97 Å². The van der Waals surface area contributed by atoms with Crippen LogP contribution in [0, 0.1) is 0 Å². The van der Waals surface area contributed by atoms with Crippen molar-refractivity contribution in [2.45, 2.75) is 6.42 Å². The molecule has 7 heavy (non-hydrogen) atoms. The van der Waals surface area contributed by atoms with E-state index in [2.05, 4.69) is 25.7 Å². The second-order valence-electron chi connectivity index (χ2n) is 0.888. The number of halogens is 2. The van der Waals surface area contributed by atoms with Gasteiger partial charge in [0.2, 0.25) is 0 Å². The Morgan fingerprint density at radius 1 is 1.71 bits per heavy atom. The van der Waals surface area contributed by atoms with Crippen LogP contribution in [0.15, 0.2) is 0 Å². The second-order valence-corrected chi connectivity index (χ2v) is 2.41. The summed E-state index contributed by atoms with van der Waals surface area (Å²) in [6.45, 7) is 0. The van der Waals surface area contributed by atoms with Gasteiger partial charge in [0.15, 0.2) is 23.0 Å². The van der Waals surface area contributed by atoms with Crippen molar-refractivity contribution in [3.63, 3.8) is 0 Å². The zero-order valence-corrected chi connectivity index (χ0v) is 7.80. The SMILES string of the molecule is O=C(CCI)OI. The maximum atomic E-state index is 10.2. The lowest BCUT2D eigenvalue weighted by Gasteiger charge is -1.87. The lowest BCUT2D eigenvalue weighted by atomic mass is 10.5. The molecule has 42 valence electrons. The molecule has 0 unspecified atom stereocenters. The van der Waals surface area contributed by atoms with Crippen LogP contribution in [0.25, 0.3) is 0 Å². The van der Waals surface area contributed by atoms with Crippen molar-refractivity contribution < 1.29 is 7.86 Å². The molecular formula is C3H4I2O2. The second kappa shape index (κ2) is 5.07. The summed E-state index contributed by atoms with van der Waals surface area (Å²) in [4.78, 5) is 10.2. The van der Waals surface area contributed by atoms with Crippen molar-refractivity contribution in [2.75, 3.05) is 4.43 Å². The third-order valence-electron chi connectivity index (χ3n) is 0.385. The van der Waals surface area contributed by atoms with Gasteiger partial charge < -0.3 is 3.07 Å². The van der Waals surface area contributed by atoms with Crippen molar-refractivity contribution in [2.24, 2.45) is 0 Å². The summed E-state index contributed by atoms with van der Waals surface area (Å²) in [6.07, 6.45) is 0.517. The number of carbonyl (C=O) groups excluding carboxylic acids is 1. The number of hydrogen-bond acceptors (Lipinski definition) is 2. The van der Waals surface area contributed by atoms with E-state index < -0.39 is 0 Å². The van der Waals surface area contributed by atoms with Crippen molar-refractivity contribution in [3.05, 3.63) is 0 Å². The predicted molar refractivity (Wildman–Crippen MR) is 43.6 cm³/mol. The number of rotatable bonds is 2. The van der Waals surface area contributed by atoms with E-state index >= 15 is 0 Å². The van der Waals surface area contributed by atoms with E-state index in [4.69, 9.17) is 0 Å². The van der Waals surface area contributed by atoms with Gasteiger partial charge in [0, 0.05) is 4.43 Å². The van der Waals surface area contributed by atoms with E-state index in [1.165, 1.54) is 0 Å². The fraction of sp³-hybridized carbons (Fsp3) is 0.667. The van der Waals surface area contributed by atoms with Crippen LogP contribution in [-0.2, 0) is 7.86 Å². The lowest BCUT2D eigenvalue weighted by molar-refractivity contribution is -0.130. The molecule has 0 saturated heterocycles. The molecule has 0 saturated carbocycles. The van der Waals surface area contributed by atoms with Gasteiger partial charge in [-0.1, -0.05) is 22.6 Å².